The molecule has 0 aliphatic heterocycles. The van der Waals surface area contributed by atoms with E-state index in [1.165, 1.54) is 0 Å². The lowest BCUT2D eigenvalue weighted by molar-refractivity contribution is -0.121. The molecule has 0 saturated heterocycles. The van der Waals surface area contributed by atoms with Crippen molar-refractivity contribution in [2.75, 3.05) is 0 Å². The van der Waals surface area contributed by atoms with Crippen LogP contribution in [0.15, 0.2) is 65.8 Å². The van der Waals surface area contributed by atoms with E-state index >= 15 is 0 Å². The van der Waals surface area contributed by atoms with E-state index < -0.39 is 0 Å². The molecular formula is C18H17N5O. The van der Waals surface area contributed by atoms with Gasteiger partial charge in [0.25, 0.3) is 0 Å². The molecule has 0 radical (unpaired) electrons. The summed E-state index contributed by atoms with van der Waals surface area (Å²) in [6, 6.07) is 17.5. The molecule has 24 heavy (non-hydrogen) atoms. The largest absolute Gasteiger partial charge is 0.273 e. The van der Waals surface area contributed by atoms with E-state index in [2.05, 4.69) is 20.8 Å². The average Bonchev–Trinajstić information content (AvgIpc) is 3.04. The minimum atomic E-state index is -0.168. The van der Waals surface area contributed by atoms with Crippen LogP contribution in [-0.4, -0.2) is 27.1 Å². The molecule has 1 heterocycles. The molecule has 0 bridgehead atoms. The van der Waals surface area contributed by atoms with Gasteiger partial charge in [-0.1, -0.05) is 53.8 Å². The maximum absolute atomic E-state index is 11.8. The number of benzene rings is 2. The van der Waals surface area contributed by atoms with E-state index in [1.807, 2.05) is 60.7 Å². The Morgan fingerprint density at radius 1 is 1.12 bits per heavy atom. The number of amides is 1. The Kier molecular flexibility index (Phi) is 5.09. The van der Waals surface area contributed by atoms with Crippen molar-refractivity contribution in [2.45, 2.75) is 13.0 Å². The number of rotatable bonds is 6. The number of allylic oxidation sites excluding steroid dienone is 1. The summed E-state index contributed by atoms with van der Waals surface area (Å²) in [6.07, 6.45) is 5.53. The van der Waals surface area contributed by atoms with E-state index in [4.69, 9.17) is 0 Å². The van der Waals surface area contributed by atoms with Crippen molar-refractivity contribution >= 4 is 29.2 Å². The first kappa shape index (κ1) is 15.6. The summed E-state index contributed by atoms with van der Waals surface area (Å²) in [5.74, 6) is -0.168. The molecule has 1 aromatic heterocycles. The fraction of sp³-hybridized carbons (Fsp3) is 0.111. The number of hydrazone groups is 1. The molecule has 1 amide bonds. The van der Waals surface area contributed by atoms with E-state index in [9.17, 15) is 4.79 Å². The molecule has 0 aliphatic carbocycles. The van der Waals surface area contributed by atoms with Crippen molar-refractivity contribution < 1.29 is 4.79 Å². The zero-order valence-corrected chi connectivity index (χ0v) is 13.0. The van der Waals surface area contributed by atoms with Crippen LogP contribution in [-0.2, 0) is 11.3 Å². The fourth-order valence-corrected chi connectivity index (χ4v) is 2.22. The lowest BCUT2D eigenvalue weighted by atomic mass is 10.2. The summed E-state index contributed by atoms with van der Waals surface area (Å²) < 4.78 is 1.72. The Labute approximate surface area is 139 Å². The van der Waals surface area contributed by atoms with Crippen molar-refractivity contribution in [1.82, 2.24) is 20.4 Å². The maximum Gasteiger partial charge on any atom is 0.241 e. The number of nitrogens with one attached hydrogen (secondary N) is 1. The summed E-state index contributed by atoms with van der Waals surface area (Å²) in [4.78, 5) is 11.8. The van der Waals surface area contributed by atoms with Gasteiger partial charge in [0.15, 0.2) is 0 Å². The first-order valence-corrected chi connectivity index (χ1v) is 7.65. The lowest BCUT2D eigenvalue weighted by Crippen LogP contribution is -2.19. The van der Waals surface area contributed by atoms with Crippen LogP contribution in [0.2, 0.25) is 0 Å². The van der Waals surface area contributed by atoms with Gasteiger partial charge in [0, 0.05) is 12.6 Å². The van der Waals surface area contributed by atoms with Gasteiger partial charge >= 0.3 is 0 Å². The molecule has 0 fully saturated rings. The van der Waals surface area contributed by atoms with Crippen LogP contribution in [0.5, 0.6) is 0 Å². The van der Waals surface area contributed by atoms with Crippen molar-refractivity contribution in [3.05, 3.63) is 66.2 Å². The zero-order chi connectivity index (χ0) is 16.6. The van der Waals surface area contributed by atoms with Crippen LogP contribution in [0.25, 0.3) is 17.1 Å². The molecule has 0 atom stereocenters. The van der Waals surface area contributed by atoms with E-state index in [0.29, 0.717) is 6.54 Å². The van der Waals surface area contributed by atoms with Gasteiger partial charge in [-0.05, 0) is 23.8 Å². The van der Waals surface area contributed by atoms with Crippen LogP contribution in [0, 0.1) is 0 Å². The molecule has 120 valence electrons. The maximum atomic E-state index is 11.8. The minimum absolute atomic E-state index is 0.168. The molecule has 0 aliphatic rings. The van der Waals surface area contributed by atoms with Gasteiger partial charge in [-0.25, -0.2) is 10.1 Å². The van der Waals surface area contributed by atoms with Gasteiger partial charge in [-0.15, -0.1) is 5.10 Å². The van der Waals surface area contributed by atoms with Crippen LogP contribution in [0.3, 0.4) is 0 Å². The third-order valence-electron chi connectivity index (χ3n) is 3.41. The highest BCUT2D eigenvalue weighted by atomic mass is 16.2. The van der Waals surface area contributed by atoms with Crippen LogP contribution >= 0.6 is 0 Å². The van der Waals surface area contributed by atoms with Gasteiger partial charge in [0.1, 0.15) is 5.52 Å². The Hall–Kier alpha value is -3.28. The predicted molar refractivity (Wildman–Crippen MR) is 94.3 cm³/mol. The quantitative estimate of drug-likeness (QED) is 0.561. The first-order chi connectivity index (χ1) is 11.8. The van der Waals surface area contributed by atoms with Gasteiger partial charge in [0.2, 0.25) is 5.91 Å². The summed E-state index contributed by atoms with van der Waals surface area (Å²) in [6.45, 7) is 0.460. The van der Waals surface area contributed by atoms with Gasteiger partial charge in [-0.2, -0.15) is 5.10 Å². The monoisotopic (exact) mass is 319 g/mol. The number of aromatic nitrogens is 3. The van der Waals surface area contributed by atoms with Crippen molar-refractivity contribution in [3.8, 4) is 0 Å². The molecule has 3 rings (SSSR count). The van der Waals surface area contributed by atoms with Crippen LogP contribution in [0.4, 0.5) is 0 Å². The molecular weight excluding hydrogens is 302 g/mol. The second kappa shape index (κ2) is 7.82. The van der Waals surface area contributed by atoms with E-state index in [1.54, 1.807) is 17.0 Å². The second-order valence-electron chi connectivity index (χ2n) is 5.13. The Balaban J connectivity index is 1.46. The summed E-state index contributed by atoms with van der Waals surface area (Å²) in [7, 11) is 0. The van der Waals surface area contributed by atoms with Crippen LogP contribution < -0.4 is 5.43 Å². The Morgan fingerprint density at radius 2 is 1.92 bits per heavy atom. The highest BCUT2D eigenvalue weighted by molar-refractivity contribution is 5.81. The average molecular weight is 319 g/mol. The molecule has 3 aromatic rings. The summed E-state index contributed by atoms with van der Waals surface area (Å²) in [5, 5.41) is 12.0. The third-order valence-corrected chi connectivity index (χ3v) is 3.41. The highest BCUT2D eigenvalue weighted by Gasteiger charge is 2.05. The smallest absolute Gasteiger partial charge is 0.241 e. The highest BCUT2D eigenvalue weighted by Crippen LogP contribution is 2.09. The molecule has 0 spiro atoms. The first-order valence-electron chi connectivity index (χ1n) is 7.65. The van der Waals surface area contributed by atoms with Gasteiger partial charge in [-0.3, -0.25) is 4.79 Å². The number of carbonyl (C=O) groups excluding carboxylic acids is 1. The topological polar surface area (TPSA) is 72.2 Å². The number of hydrogen-bond acceptors (Lipinski definition) is 4. The number of para-hydroxylation sites is 1. The van der Waals surface area contributed by atoms with Crippen LogP contribution in [0.1, 0.15) is 12.0 Å². The predicted octanol–water partition coefficient (Wildman–Crippen LogP) is 2.64. The number of fused-ring (bicyclic) bond motifs is 1. The SMILES string of the molecule is O=C(CCn1nnc2ccccc21)N/N=C/C=C/c1ccccc1. The lowest BCUT2D eigenvalue weighted by Gasteiger charge is -2.01. The molecule has 0 saturated carbocycles. The van der Waals surface area contributed by atoms with E-state index in [-0.39, 0.29) is 12.3 Å². The van der Waals surface area contributed by atoms with Crippen molar-refractivity contribution in [2.24, 2.45) is 5.10 Å². The normalized spacial score (nSPS) is 11.5. The van der Waals surface area contributed by atoms with Crippen molar-refractivity contribution in [1.29, 1.82) is 0 Å². The second-order valence-corrected chi connectivity index (χ2v) is 5.13. The van der Waals surface area contributed by atoms with E-state index in [0.717, 1.165) is 16.6 Å². The molecule has 1 N–H and O–H groups in total. The van der Waals surface area contributed by atoms with Gasteiger partial charge in [0.05, 0.1) is 12.1 Å². The number of nitrogens with zero attached hydrogens (tertiary/aromatic N) is 4. The molecule has 2 aromatic carbocycles. The fourth-order valence-electron chi connectivity index (χ4n) is 2.22. The summed E-state index contributed by atoms with van der Waals surface area (Å²) >= 11 is 0. The molecule has 6 nitrogen and oxygen atoms in total. The number of aryl methyl sites for hydroxylation is 1. The standard InChI is InChI=1S/C18H17N5O/c24-18(21-19-13-6-9-15-7-2-1-3-8-15)12-14-23-17-11-5-4-10-16(17)20-22-23/h1-11,13H,12,14H2,(H,21,24)/b9-6+,19-13+. The molecule has 0 unspecified atom stereocenters. The minimum Gasteiger partial charge on any atom is -0.273 e. The summed E-state index contributed by atoms with van der Waals surface area (Å²) in [5.41, 5.74) is 5.31. The number of hydrogen-bond donors (Lipinski definition) is 1. The zero-order valence-electron chi connectivity index (χ0n) is 13.0. The number of carbonyl (C=O) groups is 1. The molecule has 6 heteroatoms. The van der Waals surface area contributed by atoms with Crippen molar-refractivity contribution in [3.63, 3.8) is 0 Å². The van der Waals surface area contributed by atoms with Gasteiger partial charge < -0.3 is 0 Å². The Morgan fingerprint density at radius 3 is 2.79 bits per heavy atom. The third kappa shape index (κ3) is 4.13. The Bertz CT molecular complexity index is 867.